The molecule has 0 N–H and O–H groups in total. The summed E-state index contributed by atoms with van der Waals surface area (Å²) in [5.74, 6) is 1.15. The quantitative estimate of drug-likeness (QED) is 0.528. The normalized spacial score (nSPS) is 12.1. The Bertz CT molecular complexity index is 74.5. The molecule has 0 aliphatic rings. The lowest BCUT2D eigenvalue weighted by Gasteiger charge is -1.94. The monoisotopic (exact) mass is 129 g/mol. The van der Waals surface area contributed by atoms with Crippen molar-refractivity contribution in [1.29, 1.82) is 0 Å². The molecule has 0 bridgehead atoms. The van der Waals surface area contributed by atoms with Crippen LogP contribution >= 0.6 is 11.8 Å². The predicted octanol–water partition coefficient (Wildman–Crippen LogP) is 2.87. The van der Waals surface area contributed by atoms with Gasteiger partial charge in [0.2, 0.25) is 0 Å². The molecule has 47 valence electrons. The highest BCUT2D eigenvalue weighted by molar-refractivity contribution is 8.00. The van der Waals surface area contributed by atoms with E-state index in [0.29, 0.717) is 0 Å². The van der Waals surface area contributed by atoms with Gasteiger partial charge in [0.05, 0.1) is 0 Å². The number of rotatable bonds is 3. The van der Waals surface area contributed by atoms with Crippen LogP contribution in [-0.2, 0) is 0 Å². The van der Waals surface area contributed by atoms with Gasteiger partial charge in [-0.15, -0.1) is 0 Å². The SMILES string of the molecule is [CH2]SCCC(C)=CC. The lowest BCUT2D eigenvalue weighted by atomic mass is 10.2. The van der Waals surface area contributed by atoms with E-state index in [1.807, 2.05) is 0 Å². The van der Waals surface area contributed by atoms with Crippen molar-refractivity contribution in [3.05, 3.63) is 17.9 Å². The minimum absolute atomic E-state index is 1.15. The molecule has 0 atom stereocenters. The maximum absolute atomic E-state index is 3.68. The largest absolute Gasteiger partial charge is 0.161 e. The smallest absolute Gasteiger partial charge is 0.00237 e. The molecule has 0 fully saturated rings. The lowest BCUT2D eigenvalue weighted by Crippen LogP contribution is -1.77. The van der Waals surface area contributed by atoms with Crippen LogP contribution in [0.2, 0.25) is 0 Å². The molecule has 0 unspecified atom stereocenters. The van der Waals surface area contributed by atoms with E-state index >= 15 is 0 Å². The molecule has 0 saturated carbocycles. The van der Waals surface area contributed by atoms with Gasteiger partial charge in [-0.3, -0.25) is 0 Å². The van der Waals surface area contributed by atoms with Crippen LogP contribution in [-0.4, -0.2) is 5.75 Å². The summed E-state index contributed by atoms with van der Waals surface area (Å²) in [6.45, 7) is 4.22. The maximum Gasteiger partial charge on any atom is 0.00237 e. The summed E-state index contributed by atoms with van der Waals surface area (Å²) in [6, 6.07) is 0. The molecule has 0 rings (SSSR count). The van der Waals surface area contributed by atoms with Crippen LogP contribution < -0.4 is 0 Å². The Labute approximate surface area is 56.4 Å². The fourth-order valence-electron chi connectivity index (χ4n) is 0.377. The van der Waals surface area contributed by atoms with E-state index in [1.165, 1.54) is 12.0 Å². The van der Waals surface area contributed by atoms with Gasteiger partial charge >= 0.3 is 0 Å². The van der Waals surface area contributed by atoms with Crippen LogP contribution in [0.3, 0.4) is 0 Å². The van der Waals surface area contributed by atoms with Gasteiger partial charge in [-0.1, -0.05) is 11.6 Å². The number of hydrogen-bond donors (Lipinski definition) is 0. The average Bonchev–Trinajstić information content (AvgIpc) is 1.83. The van der Waals surface area contributed by atoms with Crippen LogP contribution in [0.5, 0.6) is 0 Å². The van der Waals surface area contributed by atoms with Gasteiger partial charge in [0.1, 0.15) is 0 Å². The Hall–Kier alpha value is 0.0900. The molecular weight excluding hydrogens is 116 g/mol. The lowest BCUT2D eigenvalue weighted by molar-refractivity contribution is 1.11. The number of hydrogen-bond acceptors (Lipinski definition) is 1. The van der Waals surface area contributed by atoms with E-state index in [0.717, 1.165) is 5.75 Å². The first-order valence-corrected chi connectivity index (χ1v) is 3.95. The van der Waals surface area contributed by atoms with Gasteiger partial charge in [-0.05, 0) is 26.0 Å². The fraction of sp³-hybridized carbons (Fsp3) is 0.571. The summed E-state index contributed by atoms with van der Waals surface area (Å²) in [7, 11) is 0. The highest BCUT2D eigenvalue weighted by Crippen LogP contribution is 2.05. The van der Waals surface area contributed by atoms with Crippen LogP contribution in [0, 0.1) is 6.26 Å². The van der Waals surface area contributed by atoms with Crippen molar-refractivity contribution in [3.8, 4) is 0 Å². The second-order valence-corrected chi connectivity index (χ2v) is 2.61. The Morgan fingerprint density at radius 3 is 2.75 bits per heavy atom. The van der Waals surface area contributed by atoms with E-state index in [1.54, 1.807) is 11.8 Å². The van der Waals surface area contributed by atoms with Gasteiger partial charge in [0.15, 0.2) is 0 Å². The highest BCUT2D eigenvalue weighted by atomic mass is 32.2. The first-order valence-electron chi connectivity index (χ1n) is 2.80. The Balaban J connectivity index is 3.12. The number of allylic oxidation sites excluding steroid dienone is 2. The second kappa shape index (κ2) is 5.23. The summed E-state index contributed by atoms with van der Waals surface area (Å²) in [6.07, 6.45) is 7.02. The summed E-state index contributed by atoms with van der Waals surface area (Å²) in [5, 5.41) is 0. The van der Waals surface area contributed by atoms with E-state index in [9.17, 15) is 0 Å². The first-order chi connectivity index (χ1) is 3.81. The first kappa shape index (κ1) is 8.09. The molecule has 1 heteroatoms. The zero-order valence-corrected chi connectivity index (χ0v) is 6.42. The molecule has 0 aromatic rings. The van der Waals surface area contributed by atoms with Gasteiger partial charge in [-0.2, -0.15) is 11.8 Å². The molecule has 0 aliphatic heterocycles. The third-order valence-electron chi connectivity index (χ3n) is 1.13. The van der Waals surface area contributed by atoms with Gasteiger partial charge < -0.3 is 0 Å². The predicted molar refractivity (Wildman–Crippen MR) is 41.9 cm³/mol. The van der Waals surface area contributed by atoms with Gasteiger partial charge in [0.25, 0.3) is 0 Å². The zero-order valence-electron chi connectivity index (χ0n) is 5.61. The summed E-state index contributed by atoms with van der Waals surface area (Å²) in [5.41, 5.74) is 1.46. The van der Waals surface area contributed by atoms with Crippen molar-refractivity contribution in [1.82, 2.24) is 0 Å². The van der Waals surface area contributed by atoms with Crippen LogP contribution in [0.25, 0.3) is 0 Å². The van der Waals surface area contributed by atoms with Gasteiger partial charge in [-0.25, -0.2) is 0 Å². The van der Waals surface area contributed by atoms with Crippen molar-refractivity contribution >= 4 is 11.8 Å². The molecule has 0 nitrogen and oxygen atoms in total. The minimum Gasteiger partial charge on any atom is -0.161 e. The van der Waals surface area contributed by atoms with Crippen molar-refractivity contribution < 1.29 is 0 Å². The van der Waals surface area contributed by atoms with Crippen molar-refractivity contribution in [2.24, 2.45) is 0 Å². The molecular formula is C7H13S. The molecule has 0 aliphatic carbocycles. The maximum atomic E-state index is 3.68. The Morgan fingerprint density at radius 2 is 2.38 bits per heavy atom. The van der Waals surface area contributed by atoms with Crippen LogP contribution in [0.15, 0.2) is 11.6 Å². The van der Waals surface area contributed by atoms with E-state index in [-0.39, 0.29) is 0 Å². The Morgan fingerprint density at radius 1 is 1.75 bits per heavy atom. The Kier molecular flexibility index (Phi) is 5.29. The second-order valence-electron chi connectivity index (χ2n) is 1.79. The topological polar surface area (TPSA) is 0 Å². The fourth-order valence-corrected chi connectivity index (χ4v) is 0.844. The molecule has 8 heavy (non-hydrogen) atoms. The molecule has 0 amide bonds. The summed E-state index contributed by atoms with van der Waals surface area (Å²) < 4.78 is 0. The molecule has 1 radical (unpaired) electrons. The van der Waals surface area contributed by atoms with Crippen LogP contribution in [0.4, 0.5) is 0 Å². The van der Waals surface area contributed by atoms with Crippen molar-refractivity contribution in [3.63, 3.8) is 0 Å². The molecule has 0 aromatic heterocycles. The summed E-state index contributed by atoms with van der Waals surface area (Å²) in [4.78, 5) is 0. The van der Waals surface area contributed by atoms with Crippen molar-refractivity contribution in [2.45, 2.75) is 20.3 Å². The van der Waals surface area contributed by atoms with Crippen molar-refractivity contribution in [2.75, 3.05) is 5.75 Å². The van der Waals surface area contributed by atoms with E-state index in [2.05, 4.69) is 26.2 Å². The molecule has 0 aromatic carbocycles. The molecule has 0 saturated heterocycles. The van der Waals surface area contributed by atoms with Crippen LogP contribution in [0.1, 0.15) is 20.3 Å². The molecule has 0 spiro atoms. The summed E-state index contributed by atoms with van der Waals surface area (Å²) >= 11 is 1.65. The third kappa shape index (κ3) is 4.25. The number of thioether (sulfide) groups is 1. The van der Waals surface area contributed by atoms with E-state index < -0.39 is 0 Å². The molecule has 0 heterocycles. The minimum atomic E-state index is 1.15. The zero-order chi connectivity index (χ0) is 6.41. The average molecular weight is 129 g/mol. The van der Waals surface area contributed by atoms with E-state index in [4.69, 9.17) is 0 Å². The standard InChI is InChI=1S/C7H13S/c1-4-7(2)5-6-8-3/h4H,3,5-6H2,1-2H3. The highest BCUT2D eigenvalue weighted by Gasteiger charge is 1.84. The van der Waals surface area contributed by atoms with Gasteiger partial charge in [0, 0.05) is 6.26 Å². The third-order valence-corrected chi connectivity index (χ3v) is 1.63.